The van der Waals surface area contributed by atoms with Crippen LogP contribution in [0.15, 0.2) is 48.6 Å². The molecule has 0 radical (unpaired) electrons. The first-order chi connectivity index (χ1) is 7.83. The molecule has 0 unspecified atom stereocenters. The molecule has 0 atom stereocenters. The first kappa shape index (κ1) is 12.2. The van der Waals surface area contributed by atoms with Crippen molar-refractivity contribution < 1.29 is 9.53 Å². The van der Waals surface area contributed by atoms with Gasteiger partial charge < -0.3 is 4.74 Å². The van der Waals surface area contributed by atoms with Crippen LogP contribution in [-0.4, -0.2) is 12.6 Å². The van der Waals surface area contributed by atoms with Crippen LogP contribution in [0.1, 0.15) is 18.9 Å². The van der Waals surface area contributed by atoms with E-state index < -0.39 is 0 Å². The molecule has 84 valence electrons. The Labute approximate surface area is 96.2 Å². The minimum absolute atomic E-state index is 0.170. The number of allylic oxidation sites excluding steroid dienone is 2. The molecule has 0 saturated heterocycles. The van der Waals surface area contributed by atoms with Crippen molar-refractivity contribution in [3.05, 3.63) is 54.1 Å². The van der Waals surface area contributed by atoms with Gasteiger partial charge >= 0.3 is 5.97 Å². The van der Waals surface area contributed by atoms with Crippen molar-refractivity contribution in [1.82, 2.24) is 0 Å². The van der Waals surface area contributed by atoms with E-state index in [9.17, 15) is 4.79 Å². The maximum absolute atomic E-state index is 10.8. The van der Waals surface area contributed by atoms with Gasteiger partial charge in [0.25, 0.3) is 0 Å². The smallest absolute Gasteiger partial charge is 0.305 e. The lowest BCUT2D eigenvalue weighted by Gasteiger charge is -1.96. The van der Waals surface area contributed by atoms with Crippen LogP contribution in [-0.2, 0) is 9.53 Å². The van der Waals surface area contributed by atoms with Crippen LogP contribution in [0, 0.1) is 0 Å². The predicted octanol–water partition coefficient (Wildman–Crippen LogP) is 3.21. The maximum atomic E-state index is 10.8. The van der Waals surface area contributed by atoms with Crippen LogP contribution < -0.4 is 0 Å². The third-order valence-corrected chi connectivity index (χ3v) is 1.96. The van der Waals surface area contributed by atoms with Gasteiger partial charge in [-0.15, -0.1) is 0 Å². The molecule has 1 aromatic carbocycles. The fourth-order valence-electron chi connectivity index (χ4n) is 1.11. The van der Waals surface area contributed by atoms with E-state index in [1.165, 1.54) is 0 Å². The van der Waals surface area contributed by atoms with Crippen LogP contribution in [0.5, 0.6) is 0 Å². The summed E-state index contributed by atoms with van der Waals surface area (Å²) >= 11 is 0. The zero-order valence-corrected chi connectivity index (χ0v) is 9.43. The molecule has 0 bridgehead atoms. The van der Waals surface area contributed by atoms with Gasteiger partial charge in [-0.25, -0.2) is 0 Å². The van der Waals surface area contributed by atoms with Crippen molar-refractivity contribution in [2.75, 3.05) is 6.61 Å². The number of benzene rings is 1. The highest BCUT2D eigenvalue weighted by atomic mass is 16.5. The number of carbonyl (C=O) groups is 1. The van der Waals surface area contributed by atoms with Gasteiger partial charge in [0.15, 0.2) is 0 Å². The van der Waals surface area contributed by atoms with E-state index in [1.807, 2.05) is 54.6 Å². The van der Waals surface area contributed by atoms with Gasteiger partial charge in [-0.05, 0) is 11.6 Å². The van der Waals surface area contributed by atoms with Crippen LogP contribution in [0.2, 0.25) is 0 Å². The van der Waals surface area contributed by atoms with Gasteiger partial charge in [0.1, 0.15) is 6.61 Å². The Morgan fingerprint density at radius 3 is 2.69 bits per heavy atom. The summed E-state index contributed by atoms with van der Waals surface area (Å²) in [7, 11) is 0. The third-order valence-electron chi connectivity index (χ3n) is 1.96. The van der Waals surface area contributed by atoms with Gasteiger partial charge in [-0.3, -0.25) is 4.79 Å². The summed E-state index contributed by atoms with van der Waals surface area (Å²) in [5, 5.41) is 0. The van der Waals surface area contributed by atoms with Crippen molar-refractivity contribution in [3.8, 4) is 0 Å². The number of rotatable bonds is 5. The molecule has 1 rings (SSSR count). The standard InChI is InChI=1S/C14H16O2/c1-2-14(15)16-12-8-4-7-11-13-9-5-3-6-10-13/h3-11H,2,12H2,1H3. The summed E-state index contributed by atoms with van der Waals surface area (Å²) in [4.78, 5) is 10.8. The summed E-state index contributed by atoms with van der Waals surface area (Å²) in [6, 6.07) is 10.0. The molecular weight excluding hydrogens is 200 g/mol. The summed E-state index contributed by atoms with van der Waals surface area (Å²) in [5.74, 6) is -0.170. The van der Waals surface area contributed by atoms with Crippen LogP contribution in [0.25, 0.3) is 6.08 Å². The SMILES string of the molecule is CCC(=O)OCC=CC=Cc1ccccc1. The Morgan fingerprint density at radius 2 is 2.00 bits per heavy atom. The van der Waals surface area contributed by atoms with E-state index in [2.05, 4.69) is 0 Å². The Bertz CT molecular complexity index is 364. The average molecular weight is 216 g/mol. The highest BCUT2D eigenvalue weighted by Gasteiger charge is 1.92. The molecule has 0 spiro atoms. The molecule has 0 aliphatic carbocycles. The minimum atomic E-state index is -0.170. The molecule has 0 N–H and O–H groups in total. The van der Waals surface area contributed by atoms with E-state index in [0.717, 1.165) is 5.56 Å². The quantitative estimate of drug-likeness (QED) is 0.558. The second kappa shape index (κ2) is 7.46. The Balaban J connectivity index is 2.27. The topological polar surface area (TPSA) is 26.3 Å². The monoisotopic (exact) mass is 216 g/mol. The van der Waals surface area contributed by atoms with Crippen molar-refractivity contribution in [2.24, 2.45) is 0 Å². The molecule has 0 saturated carbocycles. The number of ether oxygens (including phenoxy) is 1. The second-order valence-corrected chi connectivity index (χ2v) is 3.23. The van der Waals surface area contributed by atoms with Crippen molar-refractivity contribution in [3.63, 3.8) is 0 Å². The van der Waals surface area contributed by atoms with E-state index in [-0.39, 0.29) is 5.97 Å². The van der Waals surface area contributed by atoms with Crippen LogP contribution in [0.4, 0.5) is 0 Å². The first-order valence-corrected chi connectivity index (χ1v) is 5.37. The fourth-order valence-corrected chi connectivity index (χ4v) is 1.11. The largest absolute Gasteiger partial charge is 0.461 e. The van der Waals surface area contributed by atoms with Gasteiger partial charge in [0.05, 0.1) is 0 Å². The van der Waals surface area contributed by atoms with Gasteiger partial charge in [0, 0.05) is 6.42 Å². The fraction of sp³-hybridized carbons (Fsp3) is 0.214. The zero-order valence-electron chi connectivity index (χ0n) is 9.43. The summed E-state index contributed by atoms with van der Waals surface area (Å²) < 4.78 is 4.88. The summed E-state index contributed by atoms with van der Waals surface area (Å²) in [5.41, 5.74) is 1.15. The molecule has 2 heteroatoms. The van der Waals surface area contributed by atoms with Gasteiger partial charge in [-0.2, -0.15) is 0 Å². The average Bonchev–Trinajstić information content (AvgIpc) is 2.34. The van der Waals surface area contributed by atoms with E-state index in [4.69, 9.17) is 4.74 Å². The lowest BCUT2D eigenvalue weighted by atomic mass is 10.2. The molecule has 16 heavy (non-hydrogen) atoms. The second-order valence-electron chi connectivity index (χ2n) is 3.23. The summed E-state index contributed by atoms with van der Waals surface area (Å²) in [6.07, 6.45) is 8.03. The summed E-state index contributed by atoms with van der Waals surface area (Å²) in [6.45, 7) is 2.12. The first-order valence-electron chi connectivity index (χ1n) is 5.37. The molecular formula is C14H16O2. The number of hydrogen-bond acceptors (Lipinski definition) is 2. The zero-order chi connectivity index (χ0) is 11.6. The third kappa shape index (κ3) is 5.15. The van der Waals surface area contributed by atoms with E-state index >= 15 is 0 Å². The van der Waals surface area contributed by atoms with E-state index in [0.29, 0.717) is 13.0 Å². The van der Waals surface area contributed by atoms with Gasteiger partial charge in [-0.1, -0.05) is 55.5 Å². The molecule has 1 aromatic rings. The Hall–Kier alpha value is -1.83. The Kier molecular flexibility index (Phi) is 5.71. The molecule has 0 aliphatic heterocycles. The molecule has 0 heterocycles. The molecule has 0 aliphatic rings. The van der Waals surface area contributed by atoms with E-state index in [1.54, 1.807) is 6.92 Å². The van der Waals surface area contributed by atoms with Crippen LogP contribution in [0.3, 0.4) is 0 Å². The lowest BCUT2D eigenvalue weighted by molar-refractivity contribution is -0.141. The molecule has 2 nitrogen and oxygen atoms in total. The number of carbonyl (C=O) groups excluding carboxylic acids is 1. The number of esters is 1. The van der Waals surface area contributed by atoms with Crippen molar-refractivity contribution >= 4 is 12.0 Å². The molecule has 0 amide bonds. The van der Waals surface area contributed by atoms with Crippen molar-refractivity contribution in [1.29, 1.82) is 0 Å². The van der Waals surface area contributed by atoms with Crippen molar-refractivity contribution in [2.45, 2.75) is 13.3 Å². The minimum Gasteiger partial charge on any atom is -0.461 e. The lowest BCUT2D eigenvalue weighted by Crippen LogP contribution is -2.01. The normalized spacial score (nSPS) is 11.1. The molecule has 0 aromatic heterocycles. The van der Waals surface area contributed by atoms with Gasteiger partial charge in [0.2, 0.25) is 0 Å². The molecule has 0 fully saturated rings. The maximum Gasteiger partial charge on any atom is 0.305 e. The van der Waals surface area contributed by atoms with Crippen LogP contribution >= 0.6 is 0 Å². The highest BCUT2D eigenvalue weighted by molar-refractivity contribution is 5.68. The number of hydrogen-bond donors (Lipinski definition) is 0. The predicted molar refractivity (Wildman–Crippen MR) is 65.9 cm³/mol. The Morgan fingerprint density at radius 1 is 1.25 bits per heavy atom. The highest BCUT2D eigenvalue weighted by Crippen LogP contribution is 2.00.